The van der Waals surface area contributed by atoms with Crippen molar-refractivity contribution in [3.63, 3.8) is 0 Å². The molecule has 0 saturated carbocycles. The molecule has 1 fully saturated rings. The van der Waals surface area contributed by atoms with Crippen molar-refractivity contribution in [1.82, 2.24) is 15.6 Å². The first-order valence-electron chi connectivity index (χ1n) is 8.36. The number of aromatic nitrogens is 1. The normalized spacial score (nSPS) is 20.8. The fourth-order valence-electron chi connectivity index (χ4n) is 2.88. The Labute approximate surface area is 151 Å². The highest BCUT2D eigenvalue weighted by Crippen LogP contribution is 2.31. The molecular weight excluding hydrogens is 340 g/mol. The molecule has 1 aliphatic rings. The van der Waals surface area contributed by atoms with Crippen LogP contribution in [0.5, 0.6) is 0 Å². The van der Waals surface area contributed by atoms with Crippen LogP contribution >= 0.6 is 11.3 Å². The Morgan fingerprint density at radius 2 is 2.40 bits per heavy atom. The number of hydrogen-bond acceptors (Lipinski definition) is 6. The van der Waals surface area contributed by atoms with Gasteiger partial charge >= 0.3 is 0 Å². The van der Waals surface area contributed by atoms with Gasteiger partial charge in [0.1, 0.15) is 6.26 Å². The van der Waals surface area contributed by atoms with Gasteiger partial charge in [-0.2, -0.15) is 0 Å². The van der Waals surface area contributed by atoms with Crippen molar-refractivity contribution in [2.45, 2.75) is 19.4 Å². The Morgan fingerprint density at radius 1 is 1.48 bits per heavy atom. The lowest BCUT2D eigenvalue weighted by Gasteiger charge is -2.27. The van der Waals surface area contributed by atoms with Gasteiger partial charge in [-0.1, -0.05) is 6.07 Å². The van der Waals surface area contributed by atoms with Gasteiger partial charge in [-0.15, -0.1) is 11.3 Å². The van der Waals surface area contributed by atoms with Crippen molar-refractivity contribution in [1.29, 1.82) is 0 Å². The Balaban J connectivity index is 1.51. The summed E-state index contributed by atoms with van der Waals surface area (Å²) in [7, 11) is 1.74. The van der Waals surface area contributed by atoms with Crippen LogP contribution in [0.3, 0.4) is 0 Å². The molecule has 0 aliphatic carbocycles. The first-order valence-corrected chi connectivity index (χ1v) is 9.24. The van der Waals surface area contributed by atoms with Gasteiger partial charge in [-0.05, 0) is 24.3 Å². The number of hydrogen-bond donors (Lipinski definition) is 3. The molecule has 0 aromatic carbocycles. The van der Waals surface area contributed by atoms with E-state index in [9.17, 15) is 5.11 Å². The Hall–Kier alpha value is -1.90. The highest BCUT2D eigenvalue weighted by atomic mass is 32.1. The molecule has 25 heavy (non-hydrogen) atoms. The van der Waals surface area contributed by atoms with Crippen LogP contribution in [0.2, 0.25) is 0 Å². The molecule has 1 saturated heterocycles. The van der Waals surface area contributed by atoms with E-state index in [1.54, 1.807) is 24.6 Å². The zero-order chi connectivity index (χ0) is 17.5. The smallest absolute Gasteiger partial charge is 0.236 e. The number of oxazole rings is 1. The fraction of sp³-hybridized carbons (Fsp3) is 0.529. The Bertz CT molecular complexity index is 678. The minimum atomic E-state index is -0.0212. The molecule has 1 unspecified atom stereocenters. The molecule has 1 atom stereocenters. The number of nitrogens with one attached hydrogen (secondary N) is 2. The fourth-order valence-corrected chi connectivity index (χ4v) is 3.53. The second-order valence-corrected chi connectivity index (χ2v) is 7.12. The maximum atomic E-state index is 9.30. The van der Waals surface area contributed by atoms with E-state index in [-0.39, 0.29) is 12.0 Å². The molecule has 2 aromatic heterocycles. The summed E-state index contributed by atoms with van der Waals surface area (Å²) in [4.78, 5) is 9.75. The second kappa shape index (κ2) is 8.46. The molecule has 0 spiro atoms. The van der Waals surface area contributed by atoms with Gasteiger partial charge in [0, 0.05) is 32.2 Å². The summed E-state index contributed by atoms with van der Waals surface area (Å²) in [5, 5.41) is 17.9. The van der Waals surface area contributed by atoms with Crippen molar-refractivity contribution in [2.24, 2.45) is 10.4 Å². The predicted molar refractivity (Wildman–Crippen MR) is 97.6 cm³/mol. The van der Waals surface area contributed by atoms with Gasteiger partial charge in [0.25, 0.3) is 0 Å². The maximum Gasteiger partial charge on any atom is 0.236 e. The molecule has 0 bridgehead atoms. The van der Waals surface area contributed by atoms with Gasteiger partial charge in [0.2, 0.25) is 5.89 Å². The Morgan fingerprint density at radius 3 is 3.08 bits per heavy atom. The van der Waals surface area contributed by atoms with Gasteiger partial charge in [-0.3, -0.25) is 4.99 Å². The molecule has 7 nitrogen and oxygen atoms in total. The standard InChI is InChI=1S/C17H24N4O3S/c1-18-16(20-11-17(4-6-22)5-7-23-12-17)19-9-13-10-24-15(21-13)14-3-2-8-25-14/h2-3,8,10,22H,4-7,9,11-12H2,1H3,(H2,18,19,20). The van der Waals surface area contributed by atoms with Crippen LogP contribution < -0.4 is 10.6 Å². The molecule has 3 heterocycles. The van der Waals surface area contributed by atoms with Crippen molar-refractivity contribution < 1.29 is 14.3 Å². The van der Waals surface area contributed by atoms with Crippen molar-refractivity contribution >= 4 is 17.3 Å². The maximum absolute atomic E-state index is 9.30. The number of aliphatic hydroxyl groups is 1. The molecule has 136 valence electrons. The van der Waals surface area contributed by atoms with Gasteiger partial charge in [0.15, 0.2) is 5.96 Å². The van der Waals surface area contributed by atoms with Gasteiger partial charge < -0.3 is 24.9 Å². The van der Waals surface area contributed by atoms with E-state index in [0.29, 0.717) is 31.5 Å². The summed E-state index contributed by atoms with van der Waals surface area (Å²) in [6, 6.07) is 3.96. The summed E-state index contributed by atoms with van der Waals surface area (Å²) in [5.74, 6) is 1.34. The third kappa shape index (κ3) is 4.59. The number of aliphatic imine (C=N–C) groups is 1. The number of ether oxygens (including phenoxy) is 1. The molecular formula is C17H24N4O3S. The molecule has 3 rings (SSSR count). The van der Waals surface area contributed by atoms with Crippen molar-refractivity contribution in [2.75, 3.05) is 33.4 Å². The number of aliphatic hydroxyl groups excluding tert-OH is 1. The molecule has 1 aliphatic heterocycles. The zero-order valence-electron chi connectivity index (χ0n) is 14.3. The van der Waals surface area contributed by atoms with Crippen LogP contribution in [0.1, 0.15) is 18.5 Å². The van der Waals surface area contributed by atoms with Crippen LogP contribution in [0, 0.1) is 5.41 Å². The van der Waals surface area contributed by atoms with E-state index < -0.39 is 0 Å². The zero-order valence-corrected chi connectivity index (χ0v) is 15.1. The third-order valence-corrected chi connectivity index (χ3v) is 5.26. The topological polar surface area (TPSA) is 91.9 Å². The van der Waals surface area contributed by atoms with Crippen LogP contribution in [-0.4, -0.2) is 49.5 Å². The average molecular weight is 364 g/mol. The first-order chi connectivity index (χ1) is 12.2. The number of thiophene rings is 1. The van der Waals surface area contributed by atoms with Gasteiger partial charge in [0.05, 0.1) is 23.7 Å². The molecule has 0 radical (unpaired) electrons. The van der Waals surface area contributed by atoms with E-state index in [1.165, 1.54) is 0 Å². The molecule has 3 N–H and O–H groups in total. The van der Waals surface area contributed by atoms with Crippen molar-refractivity contribution in [3.8, 4) is 10.8 Å². The Kier molecular flexibility index (Phi) is 6.06. The van der Waals surface area contributed by atoms with Crippen LogP contribution in [0.25, 0.3) is 10.8 Å². The van der Waals surface area contributed by atoms with Gasteiger partial charge in [-0.25, -0.2) is 4.98 Å². The third-order valence-electron chi connectivity index (χ3n) is 4.40. The summed E-state index contributed by atoms with van der Waals surface area (Å²) in [5.41, 5.74) is 0.799. The lowest BCUT2D eigenvalue weighted by molar-refractivity contribution is 0.127. The quantitative estimate of drug-likeness (QED) is 0.513. The van der Waals surface area contributed by atoms with Crippen LogP contribution in [0.4, 0.5) is 0 Å². The average Bonchev–Trinajstić information content (AvgIpc) is 3.37. The summed E-state index contributed by atoms with van der Waals surface area (Å²) in [6.45, 7) is 2.83. The van der Waals surface area contributed by atoms with Crippen molar-refractivity contribution in [3.05, 3.63) is 29.5 Å². The molecule has 2 aromatic rings. The minimum Gasteiger partial charge on any atom is -0.443 e. The summed E-state index contributed by atoms with van der Waals surface area (Å²) in [6.07, 6.45) is 3.34. The number of rotatable bonds is 7. The van der Waals surface area contributed by atoms with E-state index >= 15 is 0 Å². The monoisotopic (exact) mass is 364 g/mol. The lowest BCUT2D eigenvalue weighted by Crippen LogP contribution is -2.44. The van der Waals surface area contributed by atoms with E-state index in [4.69, 9.17) is 9.15 Å². The molecule has 8 heteroatoms. The largest absolute Gasteiger partial charge is 0.443 e. The minimum absolute atomic E-state index is 0.0212. The van der Waals surface area contributed by atoms with E-state index in [1.807, 2.05) is 17.5 Å². The SMILES string of the molecule is CN=C(NCc1coc(-c2cccs2)n1)NCC1(CCO)CCOC1. The molecule has 0 amide bonds. The first kappa shape index (κ1) is 17.9. The second-order valence-electron chi connectivity index (χ2n) is 6.18. The predicted octanol–water partition coefficient (Wildman–Crippen LogP) is 1.86. The number of guanidine groups is 1. The lowest BCUT2D eigenvalue weighted by atomic mass is 9.84. The highest BCUT2D eigenvalue weighted by molar-refractivity contribution is 7.13. The van der Waals surface area contributed by atoms with Crippen LogP contribution in [0.15, 0.2) is 33.2 Å². The highest BCUT2D eigenvalue weighted by Gasteiger charge is 2.34. The summed E-state index contributed by atoms with van der Waals surface area (Å²) < 4.78 is 11.0. The number of nitrogens with zero attached hydrogens (tertiary/aromatic N) is 2. The van der Waals surface area contributed by atoms with Crippen LogP contribution in [-0.2, 0) is 11.3 Å². The van der Waals surface area contributed by atoms with E-state index in [0.717, 1.165) is 30.0 Å². The summed E-state index contributed by atoms with van der Waals surface area (Å²) >= 11 is 1.60. The van der Waals surface area contributed by atoms with E-state index in [2.05, 4.69) is 20.6 Å².